The third kappa shape index (κ3) is 1.78. The summed E-state index contributed by atoms with van der Waals surface area (Å²) in [7, 11) is 0. The van der Waals surface area contributed by atoms with Gasteiger partial charge in [0.25, 0.3) is 5.91 Å². The van der Waals surface area contributed by atoms with Gasteiger partial charge in [-0.3, -0.25) is 9.59 Å². The molecular formula is C14H14ClNO3. The number of aliphatic hydroxyl groups is 1. The molecule has 0 unspecified atom stereocenters. The van der Waals surface area contributed by atoms with E-state index in [0.29, 0.717) is 29.1 Å². The number of fused-ring (bicyclic) bond motifs is 1. The molecule has 3 rings (SSSR count). The Kier molecular flexibility index (Phi) is 2.87. The van der Waals surface area contributed by atoms with Gasteiger partial charge in [0.05, 0.1) is 5.92 Å². The molecule has 1 amide bonds. The van der Waals surface area contributed by atoms with E-state index in [9.17, 15) is 14.7 Å². The molecule has 1 aliphatic heterocycles. The van der Waals surface area contributed by atoms with E-state index in [2.05, 4.69) is 5.32 Å². The second-order valence-corrected chi connectivity index (χ2v) is 5.61. The number of nitrogens with one attached hydrogen (secondary N) is 1. The van der Waals surface area contributed by atoms with Crippen molar-refractivity contribution in [2.45, 2.75) is 31.3 Å². The van der Waals surface area contributed by atoms with Gasteiger partial charge in [-0.05, 0) is 31.0 Å². The number of amides is 1. The van der Waals surface area contributed by atoms with E-state index in [1.807, 2.05) is 0 Å². The largest absolute Gasteiger partial charge is 0.375 e. The molecule has 1 fully saturated rings. The van der Waals surface area contributed by atoms with Crippen molar-refractivity contribution in [1.82, 2.24) is 0 Å². The molecule has 0 radical (unpaired) electrons. The number of halogens is 1. The molecular weight excluding hydrogens is 266 g/mol. The molecule has 0 bridgehead atoms. The lowest BCUT2D eigenvalue weighted by Gasteiger charge is -2.32. The average Bonchev–Trinajstić information content (AvgIpc) is 2.64. The number of hydrogen-bond donors (Lipinski definition) is 2. The molecule has 5 heteroatoms. The fourth-order valence-electron chi connectivity index (χ4n) is 3.05. The van der Waals surface area contributed by atoms with Crippen LogP contribution in [-0.2, 0) is 15.2 Å². The van der Waals surface area contributed by atoms with E-state index in [1.165, 1.54) is 0 Å². The van der Waals surface area contributed by atoms with Crippen molar-refractivity contribution in [1.29, 1.82) is 0 Å². The topological polar surface area (TPSA) is 66.4 Å². The Hall–Kier alpha value is -1.39. The minimum Gasteiger partial charge on any atom is -0.375 e. The minimum atomic E-state index is -1.77. The number of carbonyl (C=O) groups excluding carboxylic acids is 2. The number of rotatable bonds is 1. The highest BCUT2D eigenvalue weighted by Crippen LogP contribution is 2.45. The molecule has 1 aliphatic carbocycles. The van der Waals surface area contributed by atoms with Gasteiger partial charge in [0.1, 0.15) is 5.78 Å². The quantitative estimate of drug-likeness (QED) is 0.828. The standard InChI is InChI=1S/C14H14ClNO3/c15-8-5-6-11-10(7-8)14(19,13(18)16-11)9-3-1-2-4-12(9)17/h5-7,9,19H,1-4H2,(H,16,18)/t9-,14-/m0/s1. The fraction of sp³-hybridized carbons (Fsp3) is 0.429. The number of carbonyl (C=O) groups is 2. The Balaban J connectivity index is 2.10. The number of hydrogen-bond acceptors (Lipinski definition) is 3. The number of benzene rings is 1. The van der Waals surface area contributed by atoms with Crippen molar-refractivity contribution in [3.63, 3.8) is 0 Å². The van der Waals surface area contributed by atoms with E-state index in [1.54, 1.807) is 18.2 Å². The van der Waals surface area contributed by atoms with Crippen molar-refractivity contribution >= 4 is 29.0 Å². The van der Waals surface area contributed by atoms with Crippen LogP contribution < -0.4 is 5.32 Å². The lowest BCUT2D eigenvalue weighted by atomic mass is 9.73. The second-order valence-electron chi connectivity index (χ2n) is 5.18. The molecule has 2 N–H and O–H groups in total. The predicted octanol–water partition coefficient (Wildman–Crippen LogP) is 2.24. The Bertz CT molecular complexity index is 572. The molecule has 19 heavy (non-hydrogen) atoms. The second kappa shape index (κ2) is 4.32. The highest BCUT2D eigenvalue weighted by atomic mass is 35.5. The number of ketones is 1. The normalized spacial score (nSPS) is 30.1. The summed E-state index contributed by atoms with van der Waals surface area (Å²) in [6.45, 7) is 0. The summed E-state index contributed by atoms with van der Waals surface area (Å²) >= 11 is 5.94. The Labute approximate surface area is 115 Å². The maximum Gasteiger partial charge on any atom is 0.261 e. The van der Waals surface area contributed by atoms with Crippen LogP contribution in [0.15, 0.2) is 18.2 Å². The zero-order valence-corrected chi connectivity index (χ0v) is 11.0. The molecule has 1 aromatic rings. The lowest BCUT2D eigenvalue weighted by Crippen LogP contribution is -2.46. The van der Waals surface area contributed by atoms with Crippen LogP contribution in [0.3, 0.4) is 0 Å². The van der Waals surface area contributed by atoms with E-state index in [0.717, 1.165) is 12.8 Å². The van der Waals surface area contributed by atoms with Crippen LogP contribution in [0.1, 0.15) is 31.2 Å². The molecule has 0 saturated heterocycles. The van der Waals surface area contributed by atoms with Crippen LogP contribution in [-0.4, -0.2) is 16.8 Å². The van der Waals surface area contributed by atoms with Crippen LogP contribution in [0.5, 0.6) is 0 Å². The lowest BCUT2D eigenvalue weighted by molar-refractivity contribution is -0.150. The summed E-state index contributed by atoms with van der Waals surface area (Å²) in [6.07, 6.45) is 2.64. The van der Waals surface area contributed by atoms with Crippen LogP contribution >= 0.6 is 11.6 Å². The summed E-state index contributed by atoms with van der Waals surface area (Å²) in [5.74, 6) is -1.23. The third-order valence-corrected chi connectivity index (χ3v) is 4.28. The monoisotopic (exact) mass is 279 g/mol. The van der Waals surface area contributed by atoms with Gasteiger partial charge in [0.2, 0.25) is 0 Å². The Morgan fingerprint density at radius 2 is 2.11 bits per heavy atom. The van der Waals surface area contributed by atoms with Crippen molar-refractivity contribution in [2.24, 2.45) is 5.92 Å². The molecule has 1 saturated carbocycles. The summed E-state index contributed by atoms with van der Waals surface area (Å²) in [5, 5.41) is 13.9. The van der Waals surface area contributed by atoms with Crippen LogP contribution in [0.4, 0.5) is 5.69 Å². The van der Waals surface area contributed by atoms with Gasteiger partial charge < -0.3 is 10.4 Å². The fourth-order valence-corrected chi connectivity index (χ4v) is 3.22. The van der Waals surface area contributed by atoms with Gasteiger partial charge in [-0.25, -0.2) is 0 Å². The molecule has 0 spiro atoms. The van der Waals surface area contributed by atoms with Gasteiger partial charge in [-0.2, -0.15) is 0 Å². The molecule has 1 heterocycles. The first-order valence-corrected chi connectivity index (χ1v) is 6.78. The first-order chi connectivity index (χ1) is 9.03. The van der Waals surface area contributed by atoms with E-state index >= 15 is 0 Å². The van der Waals surface area contributed by atoms with Crippen molar-refractivity contribution < 1.29 is 14.7 Å². The summed E-state index contributed by atoms with van der Waals surface area (Å²) in [5.41, 5.74) is -0.807. The van der Waals surface area contributed by atoms with Crippen LogP contribution in [0, 0.1) is 5.92 Å². The van der Waals surface area contributed by atoms with E-state index in [-0.39, 0.29) is 5.78 Å². The SMILES string of the molecule is O=C1CCCC[C@@H]1[C@@]1(O)C(=O)Nc2ccc(Cl)cc21. The van der Waals surface area contributed by atoms with Crippen molar-refractivity contribution in [3.05, 3.63) is 28.8 Å². The maximum absolute atomic E-state index is 12.2. The van der Waals surface area contributed by atoms with Crippen LogP contribution in [0.2, 0.25) is 5.02 Å². The van der Waals surface area contributed by atoms with E-state index in [4.69, 9.17) is 11.6 Å². The average molecular weight is 280 g/mol. The van der Waals surface area contributed by atoms with Gasteiger partial charge in [-0.1, -0.05) is 18.0 Å². The molecule has 2 aliphatic rings. The first kappa shape index (κ1) is 12.6. The minimum absolute atomic E-state index is 0.0447. The zero-order chi connectivity index (χ0) is 13.6. The van der Waals surface area contributed by atoms with Crippen molar-refractivity contribution in [2.75, 3.05) is 5.32 Å². The highest BCUT2D eigenvalue weighted by Gasteiger charge is 2.53. The molecule has 100 valence electrons. The summed E-state index contributed by atoms with van der Waals surface area (Å²) in [6, 6.07) is 4.87. The summed E-state index contributed by atoms with van der Waals surface area (Å²) in [4.78, 5) is 24.2. The summed E-state index contributed by atoms with van der Waals surface area (Å²) < 4.78 is 0. The van der Waals surface area contributed by atoms with Gasteiger partial charge >= 0.3 is 0 Å². The Morgan fingerprint density at radius 3 is 2.84 bits per heavy atom. The van der Waals surface area contributed by atoms with Gasteiger partial charge in [0, 0.05) is 22.7 Å². The third-order valence-electron chi connectivity index (χ3n) is 4.05. The number of Topliss-reactive ketones (excluding diaryl/α,β-unsaturated/α-hetero) is 1. The molecule has 2 atom stereocenters. The van der Waals surface area contributed by atoms with E-state index < -0.39 is 17.4 Å². The Morgan fingerprint density at radius 1 is 1.32 bits per heavy atom. The smallest absolute Gasteiger partial charge is 0.261 e. The maximum atomic E-state index is 12.2. The molecule has 0 aromatic heterocycles. The molecule has 1 aromatic carbocycles. The first-order valence-electron chi connectivity index (χ1n) is 6.40. The zero-order valence-electron chi connectivity index (χ0n) is 10.3. The van der Waals surface area contributed by atoms with Gasteiger partial charge in [-0.15, -0.1) is 0 Å². The predicted molar refractivity (Wildman–Crippen MR) is 70.9 cm³/mol. The van der Waals surface area contributed by atoms with Gasteiger partial charge in [0.15, 0.2) is 5.60 Å². The van der Waals surface area contributed by atoms with Crippen molar-refractivity contribution in [3.8, 4) is 0 Å². The molecule has 4 nitrogen and oxygen atoms in total. The van der Waals surface area contributed by atoms with Crippen LogP contribution in [0.25, 0.3) is 0 Å². The number of anilines is 1. The highest BCUT2D eigenvalue weighted by molar-refractivity contribution is 6.31.